The summed E-state index contributed by atoms with van der Waals surface area (Å²) in [5.74, 6) is 0.742. The zero-order valence-corrected chi connectivity index (χ0v) is 13.5. The van der Waals surface area contributed by atoms with Crippen molar-refractivity contribution in [3.05, 3.63) is 65.0 Å². The predicted molar refractivity (Wildman–Crippen MR) is 87.1 cm³/mol. The van der Waals surface area contributed by atoms with Crippen molar-refractivity contribution in [2.24, 2.45) is 0 Å². The lowest BCUT2D eigenvalue weighted by Crippen LogP contribution is -2.17. The molecule has 0 unspecified atom stereocenters. The van der Waals surface area contributed by atoms with Crippen molar-refractivity contribution in [1.29, 1.82) is 0 Å². The molecule has 0 saturated heterocycles. The first-order valence-corrected chi connectivity index (χ1v) is 7.52. The Labute approximate surface area is 140 Å². The lowest BCUT2D eigenvalue weighted by atomic mass is 10.2. The fourth-order valence-corrected chi connectivity index (χ4v) is 2.21. The van der Waals surface area contributed by atoms with Crippen LogP contribution in [-0.4, -0.2) is 25.8 Å². The first kappa shape index (κ1) is 15.2. The van der Waals surface area contributed by atoms with Crippen LogP contribution in [0.25, 0.3) is 5.95 Å². The highest BCUT2D eigenvalue weighted by atomic mass is 79.9. The molecule has 0 aliphatic heterocycles. The van der Waals surface area contributed by atoms with Crippen molar-refractivity contribution in [2.45, 2.75) is 6.61 Å². The van der Waals surface area contributed by atoms with E-state index in [0.717, 1.165) is 5.56 Å². The van der Waals surface area contributed by atoms with E-state index in [4.69, 9.17) is 4.74 Å². The summed E-state index contributed by atoms with van der Waals surface area (Å²) in [4.78, 5) is 20.2. The number of benzene rings is 1. The van der Waals surface area contributed by atoms with E-state index in [1.54, 1.807) is 24.7 Å². The van der Waals surface area contributed by atoms with E-state index >= 15 is 0 Å². The molecule has 116 valence electrons. The fraction of sp³-hybridized carbons (Fsp3) is 0.0667. The third-order valence-corrected chi connectivity index (χ3v) is 3.48. The molecule has 7 nitrogen and oxygen atoms in total. The summed E-state index contributed by atoms with van der Waals surface area (Å²) < 4.78 is 7.20. The number of carbonyl (C=O) groups excluding carboxylic acids is 1. The lowest BCUT2D eigenvalue weighted by molar-refractivity contribution is 0.155. The third kappa shape index (κ3) is 3.72. The summed E-state index contributed by atoms with van der Waals surface area (Å²) in [6, 6.07) is 11.1. The molecule has 8 heteroatoms. The van der Waals surface area contributed by atoms with Gasteiger partial charge in [-0.2, -0.15) is 9.78 Å². The normalized spacial score (nSPS) is 10.3. The predicted octanol–water partition coefficient (Wildman–Crippen LogP) is 3.17. The molecule has 0 spiro atoms. The summed E-state index contributed by atoms with van der Waals surface area (Å²) in [5, 5.41) is 6.77. The van der Waals surface area contributed by atoms with E-state index in [9.17, 15) is 4.79 Å². The number of nitrogens with zero attached hydrogens (tertiary/aromatic N) is 4. The molecule has 1 aromatic carbocycles. The number of rotatable bonds is 4. The van der Waals surface area contributed by atoms with Crippen LogP contribution in [-0.2, 0) is 11.3 Å². The van der Waals surface area contributed by atoms with Crippen molar-refractivity contribution in [3.63, 3.8) is 0 Å². The minimum atomic E-state index is -0.591. The Morgan fingerprint density at radius 3 is 2.65 bits per heavy atom. The molecule has 0 aliphatic carbocycles. The standard InChI is InChI=1S/C15H12BrN5O2/c16-12-9-19-21(14-17-7-4-8-18-14)13(12)20-15(22)23-10-11-5-2-1-3-6-11/h1-9H,10H2,(H,20,22). The van der Waals surface area contributed by atoms with Gasteiger partial charge >= 0.3 is 6.09 Å². The van der Waals surface area contributed by atoms with Gasteiger partial charge in [-0.15, -0.1) is 0 Å². The van der Waals surface area contributed by atoms with Gasteiger partial charge in [0.2, 0.25) is 0 Å². The number of hydrogen-bond donors (Lipinski definition) is 1. The number of amides is 1. The zero-order valence-electron chi connectivity index (χ0n) is 11.9. The van der Waals surface area contributed by atoms with Crippen LogP contribution in [0, 0.1) is 0 Å². The van der Waals surface area contributed by atoms with Crippen LogP contribution in [0.15, 0.2) is 59.5 Å². The summed E-state index contributed by atoms with van der Waals surface area (Å²) in [6.07, 6.45) is 4.14. The first-order chi connectivity index (χ1) is 11.2. The second-order valence-electron chi connectivity index (χ2n) is 4.49. The summed E-state index contributed by atoms with van der Waals surface area (Å²) >= 11 is 3.33. The lowest BCUT2D eigenvalue weighted by Gasteiger charge is -2.09. The molecule has 0 aliphatic rings. The number of anilines is 1. The molecule has 2 aromatic heterocycles. The molecular weight excluding hydrogens is 362 g/mol. The number of ether oxygens (including phenoxy) is 1. The molecule has 0 atom stereocenters. The fourth-order valence-electron chi connectivity index (χ4n) is 1.85. The Balaban J connectivity index is 1.70. The van der Waals surface area contributed by atoms with Gasteiger partial charge in [-0.1, -0.05) is 30.3 Å². The monoisotopic (exact) mass is 373 g/mol. The zero-order chi connectivity index (χ0) is 16.1. The van der Waals surface area contributed by atoms with Crippen LogP contribution in [0.2, 0.25) is 0 Å². The molecule has 0 bridgehead atoms. The largest absolute Gasteiger partial charge is 0.444 e. The number of hydrogen-bond acceptors (Lipinski definition) is 5. The van der Waals surface area contributed by atoms with Crippen molar-refractivity contribution in [3.8, 4) is 5.95 Å². The molecule has 1 N–H and O–H groups in total. The van der Waals surface area contributed by atoms with Gasteiger partial charge in [-0.3, -0.25) is 5.32 Å². The minimum Gasteiger partial charge on any atom is -0.444 e. The second kappa shape index (κ2) is 7.01. The van der Waals surface area contributed by atoms with Gasteiger partial charge in [0, 0.05) is 12.4 Å². The van der Waals surface area contributed by atoms with Crippen LogP contribution in [0.1, 0.15) is 5.56 Å². The highest BCUT2D eigenvalue weighted by Gasteiger charge is 2.15. The second-order valence-corrected chi connectivity index (χ2v) is 5.34. The van der Waals surface area contributed by atoms with Gasteiger partial charge in [0.15, 0.2) is 5.82 Å². The molecule has 2 heterocycles. The summed E-state index contributed by atoms with van der Waals surface area (Å²) in [7, 11) is 0. The Hall–Kier alpha value is -2.74. The summed E-state index contributed by atoms with van der Waals surface area (Å²) in [6.45, 7) is 0.181. The highest BCUT2D eigenvalue weighted by Crippen LogP contribution is 2.23. The highest BCUT2D eigenvalue weighted by molar-refractivity contribution is 9.10. The Morgan fingerprint density at radius 1 is 1.17 bits per heavy atom. The van der Waals surface area contributed by atoms with Crippen LogP contribution in [0.4, 0.5) is 10.6 Å². The minimum absolute atomic E-state index is 0.181. The van der Waals surface area contributed by atoms with Gasteiger partial charge in [0.1, 0.15) is 6.61 Å². The third-order valence-electron chi connectivity index (χ3n) is 2.90. The molecule has 3 rings (SSSR count). The van der Waals surface area contributed by atoms with Crippen LogP contribution < -0.4 is 5.32 Å². The smallest absolute Gasteiger partial charge is 0.413 e. The quantitative estimate of drug-likeness (QED) is 0.759. The maximum Gasteiger partial charge on any atom is 0.413 e. The maximum absolute atomic E-state index is 12.0. The first-order valence-electron chi connectivity index (χ1n) is 6.72. The van der Waals surface area contributed by atoms with Crippen molar-refractivity contribution in [1.82, 2.24) is 19.7 Å². The number of aromatic nitrogens is 4. The molecule has 0 saturated carbocycles. The molecule has 1 amide bonds. The summed E-state index contributed by atoms with van der Waals surface area (Å²) in [5.41, 5.74) is 0.904. The maximum atomic E-state index is 12.0. The van der Waals surface area contributed by atoms with Gasteiger partial charge in [-0.25, -0.2) is 14.8 Å². The van der Waals surface area contributed by atoms with Gasteiger partial charge < -0.3 is 4.74 Å². The Morgan fingerprint density at radius 2 is 1.91 bits per heavy atom. The molecule has 23 heavy (non-hydrogen) atoms. The van der Waals surface area contributed by atoms with Crippen LogP contribution in [0.5, 0.6) is 0 Å². The molecular formula is C15H12BrN5O2. The van der Waals surface area contributed by atoms with Crippen molar-refractivity contribution >= 4 is 27.8 Å². The molecule has 0 fully saturated rings. The van der Waals surface area contributed by atoms with E-state index in [0.29, 0.717) is 16.2 Å². The molecule has 0 radical (unpaired) electrons. The van der Waals surface area contributed by atoms with Gasteiger partial charge in [0.25, 0.3) is 5.95 Å². The van der Waals surface area contributed by atoms with Gasteiger partial charge in [-0.05, 0) is 27.6 Å². The Bertz CT molecular complexity index is 792. The van der Waals surface area contributed by atoms with E-state index in [2.05, 4.69) is 36.3 Å². The average Bonchev–Trinajstić information content (AvgIpc) is 2.95. The topological polar surface area (TPSA) is 81.9 Å². The average molecular weight is 374 g/mol. The van der Waals surface area contributed by atoms with E-state index in [1.165, 1.54) is 4.68 Å². The van der Waals surface area contributed by atoms with E-state index < -0.39 is 6.09 Å². The van der Waals surface area contributed by atoms with Crippen LogP contribution in [0.3, 0.4) is 0 Å². The van der Waals surface area contributed by atoms with E-state index in [1.807, 2.05) is 30.3 Å². The van der Waals surface area contributed by atoms with Gasteiger partial charge in [0.05, 0.1) is 10.7 Å². The molecule has 3 aromatic rings. The number of nitrogens with one attached hydrogen (secondary N) is 1. The SMILES string of the molecule is O=C(Nc1c(Br)cnn1-c1ncccn1)OCc1ccccc1. The number of halogens is 1. The van der Waals surface area contributed by atoms with Crippen molar-refractivity contribution < 1.29 is 9.53 Å². The van der Waals surface area contributed by atoms with Crippen molar-refractivity contribution in [2.75, 3.05) is 5.32 Å². The number of carbonyl (C=O) groups is 1. The van der Waals surface area contributed by atoms with Crippen LogP contribution >= 0.6 is 15.9 Å². The van der Waals surface area contributed by atoms with E-state index in [-0.39, 0.29) is 6.61 Å². The Kier molecular flexibility index (Phi) is 4.62.